The Kier molecular flexibility index (Phi) is 5.04. The van der Waals surface area contributed by atoms with Gasteiger partial charge in [0.1, 0.15) is 22.9 Å². The summed E-state index contributed by atoms with van der Waals surface area (Å²) in [6, 6.07) is 9.93. The standard InChI is InChI=1S/C20H20FN3O3S/c1-26-15-4-3-5-16(27-2)18(15)19(25)24-9-8-13(11-24)22-20-23-14-7-6-12(21)10-17(14)28-20/h3-7,10,13H,8-9,11H2,1-2H3,(H,22,23). The van der Waals surface area contributed by atoms with Crippen LogP contribution in [-0.4, -0.2) is 49.1 Å². The number of thiazole rings is 1. The number of fused-ring (bicyclic) bond motifs is 1. The van der Waals surface area contributed by atoms with Crippen LogP contribution in [0.5, 0.6) is 11.5 Å². The molecule has 1 fully saturated rings. The first kappa shape index (κ1) is 18.5. The van der Waals surface area contributed by atoms with E-state index in [9.17, 15) is 9.18 Å². The molecule has 0 spiro atoms. The van der Waals surface area contributed by atoms with E-state index in [1.54, 1.807) is 29.2 Å². The average molecular weight is 401 g/mol. The highest BCUT2D eigenvalue weighted by Crippen LogP contribution is 2.32. The van der Waals surface area contributed by atoms with E-state index >= 15 is 0 Å². The molecular weight excluding hydrogens is 381 g/mol. The lowest BCUT2D eigenvalue weighted by Gasteiger charge is -2.20. The van der Waals surface area contributed by atoms with Gasteiger partial charge in [-0.1, -0.05) is 17.4 Å². The van der Waals surface area contributed by atoms with Crippen LogP contribution in [0.3, 0.4) is 0 Å². The van der Waals surface area contributed by atoms with E-state index in [0.29, 0.717) is 30.2 Å². The van der Waals surface area contributed by atoms with Crippen LogP contribution in [0.4, 0.5) is 9.52 Å². The zero-order valence-electron chi connectivity index (χ0n) is 15.6. The Balaban J connectivity index is 1.48. The van der Waals surface area contributed by atoms with Gasteiger partial charge in [-0.05, 0) is 36.8 Å². The number of anilines is 1. The third kappa shape index (κ3) is 3.47. The van der Waals surface area contributed by atoms with Crippen molar-refractivity contribution < 1.29 is 18.7 Å². The lowest BCUT2D eigenvalue weighted by Crippen LogP contribution is -2.32. The van der Waals surface area contributed by atoms with Crippen LogP contribution in [-0.2, 0) is 0 Å². The molecule has 0 bridgehead atoms. The minimum absolute atomic E-state index is 0.0788. The maximum absolute atomic E-state index is 13.4. The molecule has 1 aliphatic heterocycles. The first-order valence-electron chi connectivity index (χ1n) is 8.92. The van der Waals surface area contributed by atoms with Crippen LogP contribution in [0.2, 0.25) is 0 Å². The molecule has 1 aromatic heterocycles. The zero-order chi connectivity index (χ0) is 19.7. The number of benzene rings is 2. The molecule has 28 heavy (non-hydrogen) atoms. The van der Waals surface area contributed by atoms with Crippen LogP contribution in [0.15, 0.2) is 36.4 Å². The van der Waals surface area contributed by atoms with Gasteiger partial charge in [-0.15, -0.1) is 0 Å². The fraction of sp³-hybridized carbons (Fsp3) is 0.300. The Morgan fingerprint density at radius 2 is 2.00 bits per heavy atom. The van der Waals surface area contributed by atoms with E-state index in [1.165, 1.54) is 37.7 Å². The predicted molar refractivity (Wildman–Crippen MR) is 107 cm³/mol. The van der Waals surface area contributed by atoms with Gasteiger partial charge in [-0.3, -0.25) is 4.79 Å². The van der Waals surface area contributed by atoms with Gasteiger partial charge in [-0.2, -0.15) is 0 Å². The summed E-state index contributed by atoms with van der Waals surface area (Å²) in [7, 11) is 3.08. The maximum atomic E-state index is 13.4. The summed E-state index contributed by atoms with van der Waals surface area (Å²) in [6.45, 7) is 1.17. The molecule has 146 valence electrons. The molecule has 1 N–H and O–H groups in total. The van der Waals surface area contributed by atoms with Gasteiger partial charge in [-0.25, -0.2) is 9.37 Å². The molecule has 1 aliphatic rings. The van der Waals surface area contributed by atoms with Gasteiger partial charge in [0.25, 0.3) is 5.91 Å². The number of nitrogens with zero attached hydrogens (tertiary/aromatic N) is 2. The molecule has 1 saturated heterocycles. The minimum Gasteiger partial charge on any atom is -0.496 e. The lowest BCUT2D eigenvalue weighted by atomic mass is 10.1. The van der Waals surface area contributed by atoms with Crippen LogP contribution in [0.1, 0.15) is 16.8 Å². The van der Waals surface area contributed by atoms with Crippen molar-refractivity contribution >= 4 is 32.6 Å². The van der Waals surface area contributed by atoms with E-state index in [-0.39, 0.29) is 17.8 Å². The average Bonchev–Trinajstić information content (AvgIpc) is 3.33. The molecule has 6 nitrogen and oxygen atoms in total. The Morgan fingerprint density at radius 1 is 1.25 bits per heavy atom. The number of nitrogens with one attached hydrogen (secondary N) is 1. The summed E-state index contributed by atoms with van der Waals surface area (Å²) in [5.74, 6) is 0.596. The van der Waals surface area contributed by atoms with Crippen LogP contribution >= 0.6 is 11.3 Å². The molecule has 2 aromatic carbocycles. The number of methoxy groups -OCH3 is 2. The molecule has 3 aromatic rings. The van der Waals surface area contributed by atoms with Gasteiger partial charge >= 0.3 is 0 Å². The molecule has 1 unspecified atom stereocenters. The number of rotatable bonds is 5. The number of likely N-dealkylation sites (tertiary alicyclic amines) is 1. The van der Waals surface area contributed by atoms with E-state index in [1.807, 2.05) is 0 Å². The Morgan fingerprint density at radius 3 is 2.71 bits per heavy atom. The molecule has 8 heteroatoms. The monoisotopic (exact) mass is 401 g/mol. The topological polar surface area (TPSA) is 63.7 Å². The normalized spacial score (nSPS) is 16.4. The third-order valence-corrected chi connectivity index (χ3v) is 5.74. The second kappa shape index (κ2) is 7.63. The summed E-state index contributed by atoms with van der Waals surface area (Å²) in [5, 5.41) is 4.10. The second-order valence-corrected chi connectivity index (χ2v) is 7.58. The Hall–Kier alpha value is -2.87. The largest absolute Gasteiger partial charge is 0.496 e. The van der Waals surface area contributed by atoms with Crippen LogP contribution < -0.4 is 14.8 Å². The van der Waals surface area contributed by atoms with Crippen molar-refractivity contribution in [1.82, 2.24) is 9.88 Å². The highest BCUT2D eigenvalue weighted by Gasteiger charge is 2.30. The zero-order valence-corrected chi connectivity index (χ0v) is 16.4. The Bertz CT molecular complexity index is 1000. The van der Waals surface area contributed by atoms with E-state index in [0.717, 1.165) is 21.8 Å². The quantitative estimate of drug-likeness (QED) is 0.705. The van der Waals surface area contributed by atoms with Crippen LogP contribution in [0, 0.1) is 5.82 Å². The molecule has 1 amide bonds. The van der Waals surface area contributed by atoms with Crippen molar-refractivity contribution in [3.63, 3.8) is 0 Å². The number of halogens is 1. The van der Waals surface area contributed by atoms with E-state index in [4.69, 9.17) is 9.47 Å². The highest BCUT2D eigenvalue weighted by atomic mass is 32.1. The number of aromatic nitrogens is 1. The van der Waals surface area contributed by atoms with Gasteiger partial charge < -0.3 is 19.7 Å². The Labute approximate surface area is 165 Å². The summed E-state index contributed by atoms with van der Waals surface area (Å²) in [6.07, 6.45) is 0.799. The summed E-state index contributed by atoms with van der Waals surface area (Å²) in [5.41, 5.74) is 1.20. The number of ether oxygens (including phenoxy) is 2. The van der Waals surface area contributed by atoms with Crippen molar-refractivity contribution in [1.29, 1.82) is 0 Å². The summed E-state index contributed by atoms with van der Waals surface area (Å²) < 4.78 is 24.9. The summed E-state index contributed by atoms with van der Waals surface area (Å²) in [4.78, 5) is 19.3. The summed E-state index contributed by atoms with van der Waals surface area (Å²) >= 11 is 1.41. The van der Waals surface area contributed by atoms with Crippen molar-refractivity contribution in [2.45, 2.75) is 12.5 Å². The fourth-order valence-corrected chi connectivity index (χ4v) is 4.39. The number of hydrogen-bond donors (Lipinski definition) is 1. The second-order valence-electron chi connectivity index (χ2n) is 6.55. The third-order valence-electron chi connectivity index (χ3n) is 4.80. The molecule has 2 heterocycles. The molecule has 1 atom stereocenters. The van der Waals surface area contributed by atoms with Gasteiger partial charge in [0, 0.05) is 19.1 Å². The predicted octanol–water partition coefficient (Wildman–Crippen LogP) is 3.78. The molecular formula is C20H20FN3O3S. The van der Waals surface area contributed by atoms with Crippen molar-refractivity contribution in [3.8, 4) is 11.5 Å². The van der Waals surface area contributed by atoms with Crippen molar-refractivity contribution in [2.24, 2.45) is 0 Å². The lowest BCUT2D eigenvalue weighted by molar-refractivity contribution is 0.0784. The SMILES string of the molecule is COc1cccc(OC)c1C(=O)N1CCC(Nc2nc3ccc(F)cc3s2)C1. The van der Waals surface area contributed by atoms with E-state index < -0.39 is 0 Å². The van der Waals surface area contributed by atoms with Crippen molar-refractivity contribution in [3.05, 3.63) is 47.8 Å². The molecule has 0 saturated carbocycles. The highest BCUT2D eigenvalue weighted by molar-refractivity contribution is 7.22. The number of carbonyl (C=O) groups is 1. The minimum atomic E-state index is -0.272. The first-order chi connectivity index (χ1) is 13.6. The van der Waals surface area contributed by atoms with Crippen molar-refractivity contribution in [2.75, 3.05) is 32.6 Å². The van der Waals surface area contributed by atoms with Crippen LogP contribution in [0.25, 0.3) is 10.2 Å². The van der Waals surface area contributed by atoms with E-state index in [2.05, 4.69) is 10.3 Å². The number of hydrogen-bond acceptors (Lipinski definition) is 6. The maximum Gasteiger partial charge on any atom is 0.261 e. The fourth-order valence-electron chi connectivity index (χ4n) is 3.42. The first-order valence-corrected chi connectivity index (χ1v) is 9.73. The molecule has 0 radical (unpaired) electrons. The van der Waals surface area contributed by atoms with Gasteiger partial charge in [0.15, 0.2) is 5.13 Å². The number of carbonyl (C=O) groups excluding carboxylic acids is 1. The smallest absolute Gasteiger partial charge is 0.261 e. The molecule has 4 rings (SSSR count). The molecule has 0 aliphatic carbocycles. The van der Waals surface area contributed by atoms with Gasteiger partial charge in [0.2, 0.25) is 0 Å². The number of amides is 1. The van der Waals surface area contributed by atoms with Gasteiger partial charge in [0.05, 0.1) is 24.4 Å².